The zero-order valence-electron chi connectivity index (χ0n) is 12.7. The molecule has 1 aromatic heterocycles. The van der Waals surface area contributed by atoms with E-state index in [2.05, 4.69) is 9.88 Å². The molecule has 1 aromatic carbocycles. The summed E-state index contributed by atoms with van der Waals surface area (Å²) < 4.78 is 5.10. The molecule has 1 amide bonds. The van der Waals surface area contributed by atoms with Crippen LogP contribution in [0.15, 0.2) is 27.4 Å². The van der Waals surface area contributed by atoms with E-state index in [0.717, 1.165) is 43.6 Å². The molecule has 7 heteroatoms. The SMILES string of the molecule is O=C(O)N1CCC2(CC1)CN(Cc1ccc3[nH]c(=O)oc3c1)C2. The van der Waals surface area contributed by atoms with Gasteiger partial charge in [-0.2, -0.15) is 0 Å². The van der Waals surface area contributed by atoms with E-state index in [1.165, 1.54) is 4.90 Å². The standard InChI is InChI=1S/C16H19N3O4/c20-14-17-12-2-1-11(7-13(12)23-14)8-18-9-16(10-18)3-5-19(6-4-16)15(21)22/h1-2,7H,3-6,8-10H2,(H,17,20)(H,21,22). The van der Waals surface area contributed by atoms with Crippen LogP contribution in [0.2, 0.25) is 0 Å². The Bertz CT molecular complexity index is 793. The lowest BCUT2D eigenvalue weighted by molar-refractivity contribution is -0.0471. The van der Waals surface area contributed by atoms with Crippen LogP contribution in [-0.4, -0.2) is 52.2 Å². The molecule has 3 heterocycles. The summed E-state index contributed by atoms with van der Waals surface area (Å²) in [5.74, 6) is -0.426. The molecule has 0 bridgehead atoms. The van der Waals surface area contributed by atoms with Gasteiger partial charge in [0.2, 0.25) is 0 Å². The number of carboxylic acid groups (broad SMARTS) is 1. The molecule has 4 rings (SSSR count). The van der Waals surface area contributed by atoms with Crippen molar-refractivity contribution in [2.75, 3.05) is 26.2 Å². The number of aromatic nitrogens is 1. The first-order valence-electron chi connectivity index (χ1n) is 7.85. The fourth-order valence-electron chi connectivity index (χ4n) is 3.85. The van der Waals surface area contributed by atoms with Gasteiger partial charge in [-0.25, -0.2) is 9.59 Å². The second kappa shape index (κ2) is 5.13. The maximum absolute atomic E-state index is 11.2. The van der Waals surface area contributed by atoms with Crippen molar-refractivity contribution in [3.05, 3.63) is 34.3 Å². The van der Waals surface area contributed by atoms with Crippen molar-refractivity contribution in [3.8, 4) is 0 Å². The van der Waals surface area contributed by atoms with Gasteiger partial charge in [-0.15, -0.1) is 0 Å². The van der Waals surface area contributed by atoms with Gasteiger partial charge >= 0.3 is 11.8 Å². The Morgan fingerprint density at radius 1 is 1.30 bits per heavy atom. The predicted molar refractivity (Wildman–Crippen MR) is 83.4 cm³/mol. The fourth-order valence-corrected chi connectivity index (χ4v) is 3.85. The molecule has 2 N–H and O–H groups in total. The first-order chi connectivity index (χ1) is 11.0. The Kier molecular flexibility index (Phi) is 3.19. The Balaban J connectivity index is 1.36. The molecule has 2 aliphatic heterocycles. The molecule has 1 spiro atoms. The Labute approximate surface area is 132 Å². The Morgan fingerprint density at radius 3 is 2.74 bits per heavy atom. The zero-order chi connectivity index (χ0) is 16.0. The quantitative estimate of drug-likeness (QED) is 0.880. The number of oxazole rings is 1. The number of hydrogen-bond donors (Lipinski definition) is 2. The third kappa shape index (κ3) is 2.61. The summed E-state index contributed by atoms with van der Waals surface area (Å²) in [6, 6.07) is 5.79. The molecular formula is C16H19N3O4. The fraction of sp³-hybridized carbons (Fsp3) is 0.500. The van der Waals surface area contributed by atoms with Crippen LogP contribution in [-0.2, 0) is 6.54 Å². The number of fused-ring (bicyclic) bond motifs is 1. The lowest BCUT2D eigenvalue weighted by atomic mass is 9.72. The number of piperidine rings is 1. The van der Waals surface area contributed by atoms with Crippen molar-refractivity contribution >= 4 is 17.2 Å². The van der Waals surface area contributed by atoms with E-state index < -0.39 is 11.8 Å². The number of likely N-dealkylation sites (tertiary alicyclic amines) is 2. The number of amides is 1. The summed E-state index contributed by atoms with van der Waals surface area (Å²) in [4.78, 5) is 28.7. The van der Waals surface area contributed by atoms with Crippen LogP contribution >= 0.6 is 0 Å². The number of nitrogens with zero attached hydrogens (tertiary/aromatic N) is 2. The molecule has 0 atom stereocenters. The van der Waals surface area contributed by atoms with Crippen molar-refractivity contribution < 1.29 is 14.3 Å². The number of benzene rings is 1. The average Bonchev–Trinajstić information content (AvgIpc) is 2.85. The van der Waals surface area contributed by atoms with Crippen molar-refractivity contribution in [2.24, 2.45) is 5.41 Å². The maximum atomic E-state index is 11.2. The topological polar surface area (TPSA) is 89.8 Å². The van der Waals surface area contributed by atoms with Gasteiger partial charge < -0.3 is 14.4 Å². The summed E-state index contributed by atoms with van der Waals surface area (Å²) in [6.07, 6.45) is 1.08. The first-order valence-corrected chi connectivity index (χ1v) is 7.85. The van der Waals surface area contributed by atoms with E-state index in [9.17, 15) is 9.59 Å². The highest BCUT2D eigenvalue weighted by Crippen LogP contribution is 2.41. The molecule has 0 unspecified atom stereocenters. The Morgan fingerprint density at radius 2 is 2.04 bits per heavy atom. The van der Waals surface area contributed by atoms with Gasteiger partial charge in [0.25, 0.3) is 0 Å². The third-order valence-corrected chi connectivity index (χ3v) is 5.10. The smallest absolute Gasteiger partial charge is 0.417 e. The number of hydrogen-bond acceptors (Lipinski definition) is 4. The highest BCUT2D eigenvalue weighted by atomic mass is 16.4. The van der Waals surface area contributed by atoms with Gasteiger partial charge in [0.05, 0.1) is 5.52 Å². The monoisotopic (exact) mass is 317 g/mol. The lowest BCUT2D eigenvalue weighted by Crippen LogP contribution is -2.60. The van der Waals surface area contributed by atoms with Crippen LogP contribution in [0, 0.1) is 5.41 Å². The van der Waals surface area contributed by atoms with E-state index >= 15 is 0 Å². The number of carbonyl (C=O) groups is 1. The summed E-state index contributed by atoms with van der Waals surface area (Å²) >= 11 is 0. The van der Waals surface area contributed by atoms with Gasteiger partial charge in [-0.3, -0.25) is 9.88 Å². The van der Waals surface area contributed by atoms with Crippen LogP contribution < -0.4 is 5.76 Å². The highest BCUT2D eigenvalue weighted by Gasteiger charge is 2.45. The van der Waals surface area contributed by atoms with Crippen LogP contribution in [0.25, 0.3) is 11.1 Å². The summed E-state index contributed by atoms with van der Waals surface area (Å²) in [6.45, 7) is 4.13. The van der Waals surface area contributed by atoms with Gasteiger partial charge in [0.1, 0.15) is 0 Å². The Hall–Kier alpha value is -2.28. The van der Waals surface area contributed by atoms with Gasteiger partial charge in [0.15, 0.2) is 5.58 Å². The van der Waals surface area contributed by atoms with Crippen molar-refractivity contribution in [3.63, 3.8) is 0 Å². The second-order valence-corrected chi connectivity index (χ2v) is 6.76. The van der Waals surface area contributed by atoms with Crippen LogP contribution in [0.4, 0.5) is 4.79 Å². The molecular weight excluding hydrogens is 298 g/mol. The number of aromatic amines is 1. The predicted octanol–water partition coefficient (Wildman–Crippen LogP) is 1.70. The summed E-state index contributed by atoms with van der Waals surface area (Å²) in [5, 5.41) is 9.02. The highest BCUT2D eigenvalue weighted by molar-refractivity contribution is 5.72. The van der Waals surface area contributed by atoms with E-state index in [4.69, 9.17) is 9.52 Å². The lowest BCUT2D eigenvalue weighted by Gasteiger charge is -2.53. The zero-order valence-corrected chi connectivity index (χ0v) is 12.7. The van der Waals surface area contributed by atoms with E-state index in [1.54, 1.807) is 0 Å². The molecule has 2 aromatic rings. The second-order valence-electron chi connectivity index (χ2n) is 6.76. The molecule has 2 aliphatic rings. The van der Waals surface area contributed by atoms with Gasteiger partial charge in [-0.05, 0) is 36.0 Å². The largest absolute Gasteiger partial charge is 0.465 e. The molecule has 0 saturated carbocycles. The third-order valence-electron chi connectivity index (χ3n) is 5.10. The number of rotatable bonds is 2. The normalized spacial score (nSPS) is 20.8. The molecule has 2 fully saturated rings. The first kappa shape index (κ1) is 14.3. The van der Waals surface area contributed by atoms with E-state index in [1.807, 2.05) is 18.2 Å². The molecule has 2 saturated heterocycles. The van der Waals surface area contributed by atoms with Crippen LogP contribution in [0.3, 0.4) is 0 Å². The van der Waals surface area contributed by atoms with E-state index in [-0.39, 0.29) is 5.41 Å². The van der Waals surface area contributed by atoms with Gasteiger partial charge in [-0.1, -0.05) is 6.07 Å². The van der Waals surface area contributed by atoms with E-state index in [0.29, 0.717) is 18.7 Å². The molecule has 0 radical (unpaired) electrons. The summed E-state index contributed by atoms with van der Waals surface area (Å²) in [5.41, 5.74) is 2.73. The average molecular weight is 317 g/mol. The van der Waals surface area contributed by atoms with Crippen molar-refractivity contribution in [2.45, 2.75) is 19.4 Å². The van der Waals surface area contributed by atoms with Crippen molar-refractivity contribution in [1.29, 1.82) is 0 Å². The minimum atomic E-state index is -0.808. The van der Waals surface area contributed by atoms with Crippen molar-refractivity contribution in [1.82, 2.24) is 14.8 Å². The number of H-pyrrole nitrogens is 1. The van der Waals surface area contributed by atoms with Crippen LogP contribution in [0.1, 0.15) is 18.4 Å². The molecule has 0 aliphatic carbocycles. The molecule has 7 nitrogen and oxygen atoms in total. The maximum Gasteiger partial charge on any atom is 0.417 e. The number of nitrogens with one attached hydrogen (secondary N) is 1. The minimum absolute atomic E-state index is 0.288. The molecule has 122 valence electrons. The van der Waals surface area contributed by atoms with Gasteiger partial charge in [0, 0.05) is 32.7 Å². The van der Waals surface area contributed by atoms with Crippen LogP contribution in [0.5, 0.6) is 0 Å². The minimum Gasteiger partial charge on any atom is -0.465 e. The summed E-state index contributed by atoms with van der Waals surface area (Å²) in [7, 11) is 0. The molecule has 23 heavy (non-hydrogen) atoms.